The molecule has 304 valence electrons. The zero-order valence-electron chi connectivity index (χ0n) is 36.1. The molecule has 0 saturated heterocycles. The van der Waals surface area contributed by atoms with Gasteiger partial charge in [0.1, 0.15) is 26.2 Å². The lowest BCUT2D eigenvalue weighted by Gasteiger charge is -2.39. The van der Waals surface area contributed by atoms with Gasteiger partial charge < -0.3 is 4.48 Å². The quantitative estimate of drug-likeness (QED) is 0.152. The smallest absolute Gasteiger partial charge is 0.106 e. The Morgan fingerprint density at radius 1 is 0.246 bits per heavy atom. The van der Waals surface area contributed by atoms with Crippen LogP contribution in [0.25, 0.3) is 109 Å². The van der Waals surface area contributed by atoms with Gasteiger partial charge in [-0.15, -0.1) is 0 Å². The molecule has 2 heterocycles. The van der Waals surface area contributed by atoms with E-state index in [0.717, 1.165) is 30.7 Å². The van der Waals surface area contributed by atoms with E-state index < -0.39 is 0 Å². The third-order valence-corrected chi connectivity index (χ3v) is 15.0. The Hall–Kier alpha value is -7.84. The monoisotopic (exact) mass is 826 g/mol. The van der Waals surface area contributed by atoms with Crippen LogP contribution in [0.15, 0.2) is 218 Å². The van der Waals surface area contributed by atoms with Gasteiger partial charge in [0.15, 0.2) is 0 Å². The molecule has 0 atom stereocenters. The summed E-state index contributed by atoms with van der Waals surface area (Å²) in [6.07, 6.45) is 0. The van der Waals surface area contributed by atoms with Crippen molar-refractivity contribution in [1.29, 1.82) is 0 Å². The van der Waals surface area contributed by atoms with E-state index in [1.807, 2.05) is 0 Å². The Morgan fingerprint density at radius 2 is 0.585 bits per heavy atom. The molecule has 12 aromatic rings. The summed E-state index contributed by atoms with van der Waals surface area (Å²) in [6.45, 7) is 3.55. The molecule has 1 spiro atoms. The van der Waals surface area contributed by atoms with E-state index in [0.29, 0.717) is 0 Å². The molecule has 2 aliphatic heterocycles. The topological polar surface area (TPSA) is 0 Å². The highest BCUT2D eigenvalue weighted by molar-refractivity contribution is 6.13. The SMILES string of the molecule is c1ccc2cc(-c3cc4ccccc4c4c3C[N+]3(Cc5ccc6ccccc6c5-c5c(ccc6ccccc56)C3)Cc3c(-c5ccc6ccccc6c5)cc5ccccc5c3-4)ccc2c1. The van der Waals surface area contributed by atoms with E-state index in [-0.39, 0.29) is 0 Å². The summed E-state index contributed by atoms with van der Waals surface area (Å²) in [7, 11) is 0. The lowest BCUT2D eigenvalue weighted by molar-refractivity contribution is -0.977. The normalized spacial score (nSPS) is 14.0. The van der Waals surface area contributed by atoms with Crippen LogP contribution in [-0.2, 0) is 26.2 Å². The van der Waals surface area contributed by atoms with E-state index in [1.165, 1.54) is 131 Å². The second kappa shape index (κ2) is 14.1. The van der Waals surface area contributed by atoms with E-state index in [9.17, 15) is 0 Å². The maximum Gasteiger partial charge on any atom is 0.106 e. The van der Waals surface area contributed by atoms with Crippen LogP contribution in [0.1, 0.15) is 22.3 Å². The second-order valence-corrected chi connectivity index (χ2v) is 18.7. The molecule has 0 fully saturated rings. The maximum atomic E-state index is 2.51. The fourth-order valence-corrected chi connectivity index (χ4v) is 12.1. The van der Waals surface area contributed by atoms with Gasteiger partial charge in [0.25, 0.3) is 0 Å². The molecule has 0 radical (unpaired) electrons. The number of quaternary nitrogens is 1. The zero-order chi connectivity index (χ0) is 42.6. The molecule has 65 heavy (non-hydrogen) atoms. The van der Waals surface area contributed by atoms with Crippen LogP contribution in [0, 0.1) is 0 Å². The summed E-state index contributed by atoms with van der Waals surface area (Å²) in [5, 5.41) is 15.5. The maximum absolute atomic E-state index is 2.51. The predicted octanol–water partition coefficient (Wildman–Crippen LogP) is 16.8. The molecule has 0 aliphatic carbocycles. The van der Waals surface area contributed by atoms with Crippen molar-refractivity contribution in [2.24, 2.45) is 0 Å². The Labute approximate surface area is 378 Å². The van der Waals surface area contributed by atoms with Crippen molar-refractivity contribution in [3.8, 4) is 44.5 Å². The summed E-state index contributed by atoms with van der Waals surface area (Å²) in [4.78, 5) is 0. The first-order chi connectivity index (χ1) is 32.1. The molecular formula is C64H44N+. The number of nitrogens with zero attached hydrogens (tertiary/aromatic N) is 1. The fraction of sp³-hybridized carbons (Fsp3) is 0.0625. The van der Waals surface area contributed by atoms with Crippen LogP contribution < -0.4 is 0 Å². The zero-order valence-corrected chi connectivity index (χ0v) is 36.1. The molecule has 0 saturated carbocycles. The molecule has 0 N–H and O–H groups in total. The molecule has 0 amide bonds. The van der Waals surface area contributed by atoms with E-state index in [2.05, 4.69) is 218 Å². The molecule has 12 aromatic carbocycles. The third-order valence-electron chi connectivity index (χ3n) is 15.0. The van der Waals surface area contributed by atoms with E-state index >= 15 is 0 Å². The summed E-state index contributed by atoms with van der Waals surface area (Å²) in [5.41, 5.74) is 16.5. The molecule has 0 unspecified atom stereocenters. The van der Waals surface area contributed by atoms with Crippen LogP contribution in [-0.4, -0.2) is 4.48 Å². The molecule has 2 aliphatic rings. The molecule has 0 aromatic heterocycles. The van der Waals surface area contributed by atoms with Gasteiger partial charge in [-0.05, 0) is 122 Å². The average Bonchev–Trinajstić information content (AvgIpc) is 3.60. The van der Waals surface area contributed by atoms with Crippen LogP contribution in [0.4, 0.5) is 0 Å². The van der Waals surface area contributed by atoms with Crippen molar-refractivity contribution in [2.75, 3.05) is 0 Å². The first-order valence-corrected chi connectivity index (χ1v) is 23.1. The predicted molar refractivity (Wildman–Crippen MR) is 275 cm³/mol. The largest absolute Gasteiger partial charge is 0.309 e. The lowest BCUT2D eigenvalue weighted by Crippen LogP contribution is -2.44. The van der Waals surface area contributed by atoms with Gasteiger partial charge in [0, 0.05) is 33.4 Å². The highest BCUT2D eigenvalue weighted by Crippen LogP contribution is 2.53. The van der Waals surface area contributed by atoms with E-state index in [1.54, 1.807) is 0 Å². The Morgan fingerprint density at radius 3 is 1.02 bits per heavy atom. The minimum absolute atomic E-state index is 0.856. The van der Waals surface area contributed by atoms with Crippen molar-refractivity contribution in [3.63, 3.8) is 0 Å². The van der Waals surface area contributed by atoms with Gasteiger partial charge in [-0.2, -0.15) is 0 Å². The molecule has 1 heteroatoms. The summed E-state index contributed by atoms with van der Waals surface area (Å²) >= 11 is 0. The van der Waals surface area contributed by atoms with Crippen molar-refractivity contribution in [3.05, 3.63) is 241 Å². The minimum atomic E-state index is 0.856. The van der Waals surface area contributed by atoms with Crippen LogP contribution in [0.2, 0.25) is 0 Å². The van der Waals surface area contributed by atoms with Crippen molar-refractivity contribution in [1.82, 2.24) is 0 Å². The summed E-state index contributed by atoms with van der Waals surface area (Å²) in [5.74, 6) is 0. The highest BCUT2D eigenvalue weighted by Gasteiger charge is 2.41. The first-order valence-electron chi connectivity index (χ1n) is 23.1. The first kappa shape index (κ1) is 36.6. The third kappa shape index (κ3) is 5.69. The van der Waals surface area contributed by atoms with Crippen molar-refractivity contribution < 1.29 is 4.48 Å². The van der Waals surface area contributed by atoms with Crippen LogP contribution in [0.3, 0.4) is 0 Å². The summed E-state index contributed by atoms with van der Waals surface area (Å²) < 4.78 is 0.856. The lowest BCUT2D eigenvalue weighted by atomic mass is 9.82. The fourth-order valence-electron chi connectivity index (χ4n) is 12.1. The Bertz CT molecular complexity index is 3710. The number of benzene rings is 12. The number of fused-ring (bicyclic) bond motifs is 16. The van der Waals surface area contributed by atoms with Gasteiger partial charge in [-0.1, -0.05) is 194 Å². The molecule has 1 nitrogen and oxygen atoms in total. The standard InChI is InChI=1S/C64H44N/c1-3-17-45-33-49(29-25-41(45)13-1)57-35-47-19-7-11-23-55(47)63-59(57)39-65(40-60-58(36-48-20-8-12-24-56(48)64(60)63)50-30-26-42-14-2-4-18-46(42)34-50)37-51-31-27-43-15-5-9-21-53(43)61(51)62-52(38-65)32-28-44-16-6-10-22-54(44)62/h1-36H,37-40H2/q+1. The summed E-state index contributed by atoms with van der Waals surface area (Å²) in [6, 6.07) is 83.1. The minimum Gasteiger partial charge on any atom is -0.309 e. The molecule has 14 rings (SSSR count). The average molecular weight is 827 g/mol. The van der Waals surface area contributed by atoms with Gasteiger partial charge in [0.05, 0.1) is 0 Å². The number of hydrogen-bond donors (Lipinski definition) is 0. The Balaban J connectivity index is 1.14. The number of hydrogen-bond acceptors (Lipinski definition) is 0. The highest BCUT2D eigenvalue weighted by atomic mass is 15.4. The Kier molecular flexibility index (Phi) is 7.93. The van der Waals surface area contributed by atoms with Crippen molar-refractivity contribution in [2.45, 2.75) is 26.2 Å². The molecular weight excluding hydrogens is 783 g/mol. The van der Waals surface area contributed by atoms with Gasteiger partial charge >= 0.3 is 0 Å². The van der Waals surface area contributed by atoms with Gasteiger partial charge in [0.2, 0.25) is 0 Å². The van der Waals surface area contributed by atoms with Gasteiger partial charge in [-0.3, -0.25) is 0 Å². The van der Waals surface area contributed by atoms with Crippen LogP contribution in [0.5, 0.6) is 0 Å². The number of rotatable bonds is 2. The molecule has 0 bridgehead atoms. The van der Waals surface area contributed by atoms with E-state index in [4.69, 9.17) is 0 Å². The van der Waals surface area contributed by atoms with Gasteiger partial charge in [-0.25, -0.2) is 0 Å². The van der Waals surface area contributed by atoms with Crippen molar-refractivity contribution >= 4 is 64.6 Å². The second-order valence-electron chi connectivity index (χ2n) is 18.7. The van der Waals surface area contributed by atoms with Crippen LogP contribution >= 0.6 is 0 Å².